The summed E-state index contributed by atoms with van der Waals surface area (Å²) in [7, 11) is -1.51. The number of rotatable bonds is 3. The summed E-state index contributed by atoms with van der Waals surface area (Å²) in [5.74, 6) is -0.820. The van der Waals surface area contributed by atoms with E-state index in [1.807, 2.05) is 0 Å². The zero-order valence-corrected chi connectivity index (χ0v) is 12.5. The van der Waals surface area contributed by atoms with E-state index in [4.69, 9.17) is 0 Å². The van der Waals surface area contributed by atoms with E-state index >= 15 is 0 Å². The number of piperazine rings is 1. The maximum Gasteiger partial charge on any atom is 0.242 e. The van der Waals surface area contributed by atoms with Crippen LogP contribution in [0.5, 0.6) is 0 Å². The first-order valence-corrected chi connectivity index (χ1v) is 8.65. The van der Waals surface area contributed by atoms with Gasteiger partial charge in [0.1, 0.15) is 0 Å². The molecule has 0 aromatic carbocycles. The molecule has 2 saturated heterocycles. The first-order valence-electron chi connectivity index (χ1n) is 6.83. The topological polar surface area (TPSA) is 86.8 Å². The molecule has 1 N–H and O–H groups in total. The molecule has 0 bridgehead atoms. The monoisotopic (exact) mass is 303 g/mol. The number of hydrogen-bond acceptors (Lipinski definition) is 5. The average Bonchev–Trinajstić information content (AvgIpc) is 2.79. The normalized spacial score (nSPS) is 25.4. The lowest BCUT2D eigenvalue weighted by molar-refractivity contribution is -0.141. The SMILES string of the molecule is CN(CC(=O)N1CCNCC1)C(=O)C1CCS(=O)(=O)C1. The highest BCUT2D eigenvalue weighted by Crippen LogP contribution is 2.20. The van der Waals surface area contributed by atoms with Crippen molar-refractivity contribution < 1.29 is 18.0 Å². The highest BCUT2D eigenvalue weighted by molar-refractivity contribution is 7.91. The molecule has 8 heteroatoms. The Morgan fingerprint density at radius 3 is 2.50 bits per heavy atom. The third kappa shape index (κ3) is 3.69. The van der Waals surface area contributed by atoms with Crippen molar-refractivity contribution in [2.24, 2.45) is 5.92 Å². The highest BCUT2D eigenvalue weighted by atomic mass is 32.2. The minimum Gasteiger partial charge on any atom is -0.339 e. The molecule has 0 radical (unpaired) electrons. The standard InChI is InChI=1S/C12H21N3O4S/c1-14(8-11(16)15-5-3-13-4-6-15)12(17)10-2-7-20(18,19)9-10/h10,13H,2-9H2,1H3. The number of likely N-dealkylation sites (N-methyl/N-ethyl adjacent to an activating group) is 1. The smallest absolute Gasteiger partial charge is 0.242 e. The van der Waals surface area contributed by atoms with Crippen LogP contribution in [0.1, 0.15) is 6.42 Å². The molecule has 114 valence electrons. The molecule has 2 heterocycles. The molecule has 20 heavy (non-hydrogen) atoms. The predicted molar refractivity (Wildman–Crippen MR) is 73.8 cm³/mol. The molecule has 2 aliphatic rings. The third-order valence-electron chi connectivity index (χ3n) is 3.80. The van der Waals surface area contributed by atoms with Crippen LogP contribution in [0.2, 0.25) is 0 Å². The van der Waals surface area contributed by atoms with Crippen LogP contribution >= 0.6 is 0 Å². The lowest BCUT2D eigenvalue weighted by Crippen LogP contribution is -2.50. The van der Waals surface area contributed by atoms with Gasteiger partial charge in [0.2, 0.25) is 11.8 Å². The molecular formula is C12H21N3O4S. The second kappa shape index (κ2) is 6.09. The maximum atomic E-state index is 12.1. The zero-order chi connectivity index (χ0) is 14.8. The van der Waals surface area contributed by atoms with Gasteiger partial charge in [-0.25, -0.2) is 8.42 Å². The molecule has 1 unspecified atom stereocenters. The average molecular weight is 303 g/mol. The number of nitrogens with zero attached hydrogens (tertiary/aromatic N) is 2. The van der Waals surface area contributed by atoms with Crippen LogP contribution in [0.3, 0.4) is 0 Å². The van der Waals surface area contributed by atoms with Crippen LogP contribution in [-0.2, 0) is 19.4 Å². The molecule has 0 spiro atoms. The molecule has 2 rings (SSSR count). The van der Waals surface area contributed by atoms with Gasteiger partial charge in [-0.3, -0.25) is 9.59 Å². The van der Waals surface area contributed by atoms with Crippen LogP contribution in [0.15, 0.2) is 0 Å². The number of nitrogens with one attached hydrogen (secondary N) is 1. The minimum atomic E-state index is -3.07. The summed E-state index contributed by atoms with van der Waals surface area (Å²) in [6.07, 6.45) is 0.368. The number of hydrogen-bond donors (Lipinski definition) is 1. The lowest BCUT2D eigenvalue weighted by Gasteiger charge is -2.29. The molecule has 2 aliphatic heterocycles. The van der Waals surface area contributed by atoms with Crippen molar-refractivity contribution in [2.45, 2.75) is 6.42 Å². The molecule has 0 aromatic rings. The molecule has 2 amide bonds. The maximum absolute atomic E-state index is 12.1. The number of carbonyl (C=O) groups is 2. The molecule has 7 nitrogen and oxygen atoms in total. The van der Waals surface area contributed by atoms with Gasteiger partial charge in [-0.15, -0.1) is 0 Å². The van der Waals surface area contributed by atoms with Gasteiger partial charge in [0, 0.05) is 33.2 Å². The number of carbonyl (C=O) groups excluding carboxylic acids is 2. The summed E-state index contributed by atoms with van der Waals surface area (Å²) in [4.78, 5) is 27.3. The van der Waals surface area contributed by atoms with Gasteiger partial charge in [-0.2, -0.15) is 0 Å². The summed E-state index contributed by atoms with van der Waals surface area (Å²) >= 11 is 0. The minimum absolute atomic E-state index is 0.0232. The molecule has 0 aromatic heterocycles. The quantitative estimate of drug-likeness (QED) is 0.672. The predicted octanol–water partition coefficient (Wildman–Crippen LogP) is -1.69. The van der Waals surface area contributed by atoms with Crippen molar-refractivity contribution in [1.82, 2.24) is 15.1 Å². The Morgan fingerprint density at radius 1 is 1.30 bits per heavy atom. The van der Waals surface area contributed by atoms with Crippen molar-refractivity contribution >= 4 is 21.7 Å². The van der Waals surface area contributed by atoms with Crippen LogP contribution in [0, 0.1) is 5.92 Å². The summed E-state index contributed by atoms with van der Waals surface area (Å²) in [6.45, 7) is 2.86. The molecule has 2 fully saturated rings. The molecule has 0 aliphatic carbocycles. The van der Waals surface area contributed by atoms with Crippen LogP contribution in [0.4, 0.5) is 0 Å². The van der Waals surface area contributed by atoms with Crippen LogP contribution in [-0.4, -0.2) is 81.3 Å². The Bertz CT molecular complexity index is 485. The summed E-state index contributed by atoms with van der Waals surface area (Å²) in [5, 5.41) is 3.16. The van der Waals surface area contributed by atoms with Gasteiger partial charge in [0.15, 0.2) is 9.84 Å². The van der Waals surface area contributed by atoms with E-state index in [9.17, 15) is 18.0 Å². The van der Waals surface area contributed by atoms with Crippen molar-refractivity contribution in [3.05, 3.63) is 0 Å². The second-order valence-corrected chi connectivity index (χ2v) is 7.65. The fourth-order valence-electron chi connectivity index (χ4n) is 2.60. The van der Waals surface area contributed by atoms with Crippen molar-refractivity contribution in [3.63, 3.8) is 0 Å². The van der Waals surface area contributed by atoms with E-state index in [2.05, 4.69) is 5.32 Å². The van der Waals surface area contributed by atoms with E-state index in [0.717, 1.165) is 13.1 Å². The fourth-order valence-corrected chi connectivity index (χ4v) is 4.33. The van der Waals surface area contributed by atoms with Gasteiger partial charge < -0.3 is 15.1 Å². The van der Waals surface area contributed by atoms with E-state index < -0.39 is 15.8 Å². The largest absolute Gasteiger partial charge is 0.339 e. The zero-order valence-electron chi connectivity index (χ0n) is 11.7. The molecule has 0 saturated carbocycles. The number of sulfone groups is 1. The van der Waals surface area contributed by atoms with Crippen LogP contribution in [0.25, 0.3) is 0 Å². The first-order chi connectivity index (χ1) is 9.39. The summed E-state index contributed by atoms with van der Waals surface area (Å²) < 4.78 is 22.8. The van der Waals surface area contributed by atoms with E-state index in [-0.39, 0.29) is 29.9 Å². The number of amides is 2. The molecule has 1 atom stereocenters. The van der Waals surface area contributed by atoms with Crippen LogP contribution < -0.4 is 5.32 Å². The second-order valence-electron chi connectivity index (χ2n) is 5.43. The van der Waals surface area contributed by atoms with Gasteiger partial charge in [0.25, 0.3) is 0 Å². The first kappa shape index (κ1) is 15.2. The van der Waals surface area contributed by atoms with Crippen molar-refractivity contribution in [1.29, 1.82) is 0 Å². The van der Waals surface area contributed by atoms with E-state index in [1.165, 1.54) is 4.90 Å². The summed E-state index contributed by atoms with van der Waals surface area (Å²) in [5.41, 5.74) is 0. The fraction of sp³-hybridized carbons (Fsp3) is 0.833. The highest BCUT2D eigenvalue weighted by Gasteiger charge is 2.35. The van der Waals surface area contributed by atoms with Crippen molar-refractivity contribution in [2.75, 3.05) is 51.3 Å². The Balaban J connectivity index is 1.86. The van der Waals surface area contributed by atoms with Gasteiger partial charge in [-0.1, -0.05) is 0 Å². The van der Waals surface area contributed by atoms with E-state index in [1.54, 1.807) is 11.9 Å². The van der Waals surface area contributed by atoms with E-state index in [0.29, 0.717) is 19.5 Å². The lowest BCUT2D eigenvalue weighted by atomic mass is 10.1. The third-order valence-corrected chi connectivity index (χ3v) is 5.57. The van der Waals surface area contributed by atoms with Gasteiger partial charge >= 0.3 is 0 Å². The van der Waals surface area contributed by atoms with Crippen molar-refractivity contribution in [3.8, 4) is 0 Å². The summed E-state index contributed by atoms with van der Waals surface area (Å²) in [6, 6.07) is 0. The van der Waals surface area contributed by atoms with Gasteiger partial charge in [-0.05, 0) is 6.42 Å². The van der Waals surface area contributed by atoms with Gasteiger partial charge in [0.05, 0.1) is 24.0 Å². The Labute approximate surface area is 119 Å². The Kier molecular flexibility index (Phi) is 4.64. The Hall–Kier alpha value is -1.15. The molecular weight excluding hydrogens is 282 g/mol. The Morgan fingerprint density at radius 2 is 1.95 bits per heavy atom.